The van der Waals surface area contributed by atoms with Crippen molar-refractivity contribution in [3.05, 3.63) is 34.0 Å². The van der Waals surface area contributed by atoms with Gasteiger partial charge in [-0.3, -0.25) is 4.68 Å². The number of aromatic nitrogens is 3. The molecule has 86 valence electrons. The molecule has 0 saturated heterocycles. The normalized spacial score (nSPS) is 12.9. The summed E-state index contributed by atoms with van der Waals surface area (Å²) in [7, 11) is 1.96. The highest BCUT2D eigenvalue weighted by molar-refractivity contribution is 7.09. The van der Waals surface area contributed by atoms with Crippen LogP contribution in [0.1, 0.15) is 29.2 Å². The summed E-state index contributed by atoms with van der Waals surface area (Å²) in [5.41, 5.74) is 2.45. The van der Waals surface area contributed by atoms with Crippen LogP contribution in [0.15, 0.2) is 17.8 Å². The van der Waals surface area contributed by atoms with Crippen LogP contribution in [0.2, 0.25) is 0 Å². The van der Waals surface area contributed by atoms with E-state index in [-0.39, 0.29) is 0 Å². The van der Waals surface area contributed by atoms with Gasteiger partial charge in [0.2, 0.25) is 0 Å². The first-order chi connectivity index (χ1) is 7.68. The summed E-state index contributed by atoms with van der Waals surface area (Å²) in [5, 5.41) is 10.8. The summed E-state index contributed by atoms with van der Waals surface area (Å²) in [5.74, 6) is 0. The zero-order chi connectivity index (χ0) is 11.5. The Morgan fingerprint density at radius 1 is 1.56 bits per heavy atom. The van der Waals surface area contributed by atoms with Crippen molar-refractivity contribution < 1.29 is 0 Å². The van der Waals surface area contributed by atoms with E-state index in [0.717, 1.165) is 11.6 Å². The van der Waals surface area contributed by atoms with Crippen LogP contribution in [-0.4, -0.2) is 14.8 Å². The first-order valence-corrected chi connectivity index (χ1v) is 6.16. The van der Waals surface area contributed by atoms with E-state index in [1.807, 2.05) is 29.5 Å². The standard InChI is InChI=1S/C11H16N4S/c1-8(11-12-4-5-16-11)13-6-10-7-14-15(3)9(10)2/h4-5,7-8,13H,6H2,1-3H3. The van der Waals surface area contributed by atoms with Crippen LogP contribution in [0, 0.1) is 6.92 Å². The summed E-state index contributed by atoms with van der Waals surface area (Å²) < 4.78 is 1.89. The molecule has 5 heteroatoms. The van der Waals surface area contributed by atoms with Gasteiger partial charge in [0.05, 0.1) is 12.2 Å². The van der Waals surface area contributed by atoms with Gasteiger partial charge in [-0.15, -0.1) is 11.3 Å². The number of thiazole rings is 1. The SMILES string of the molecule is Cc1c(CNC(C)c2nccs2)cnn1C. The highest BCUT2D eigenvalue weighted by atomic mass is 32.1. The lowest BCUT2D eigenvalue weighted by Gasteiger charge is -2.10. The van der Waals surface area contributed by atoms with Crippen LogP contribution in [0.5, 0.6) is 0 Å². The number of aryl methyl sites for hydroxylation is 1. The molecule has 16 heavy (non-hydrogen) atoms. The van der Waals surface area contributed by atoms with Crippen molar-refractivity contribution in [2.45, 2.75) is 26.4 Å². The van der Waals surface area contributed by atoms with Crippen LogP contribution in [0.4, 0.5) is 0 Å². The molecule has 0 amide bonds. The molecule has 0 fully saturated rings. The van der Waals surface area contributed by atoms with Crippen molar-refractivity contribution in [3.63, 3.8) is 0 Å². The smallest absolute Gasteiger partial charge is 0.109 e. The Balaban J connectivity index is 1.95. The van der Waals surface area contributed by atoms with Gasteiger partial charge in [-0.25, -0.2) is 4.98 Å². The van der Waals surface area contributed by atoms with Gasteiger partial charge in [0.15, 0.2) is 0 Å². The fourth-order valence-electron chi connectivity index (χ4n) is 1.52. The number of nitrogens with zero attached hydrogens (tertiary/aromatic N) is 3. The number of rotatable bonds is 4. The molecule has 2 heterocycles. The Morgan fingerprint density at radius 3 is 2.94 bits per heavy atom. The van der Waals surface area contributed by atoms with E-state index in [2.05, 4.69) is 29.2 Å². The predicted molar refractivity (Wildman–Crippen MR) is 65.3 cm³/mol. The molecular weight excluding hydrogens is 220 g/mol. The van der Waals surface area contributed by atoms with E-state index in [1.54, 1.807) is 11.3 Å². The predicted octanol–water partition coefficient (Wildman–Crippen LogP) is 2.04. The molecule has 1 N–H and O–H groups in total. The third-order valence-electron chi connectivity index (χ3n) is 2.76. The van der Waals surface area contributed by atoms with E-state index >= 15 is 0 Å². The molecule has 4 nitrogen and oxygen atoms in total. The number of hydrogen-bond acceptors (Lipinski definition) is 4. The molecule has 2 rings (SSSR count). The van der Waals surface area contributed by atoms with E-state index < -0.39 is 0 Å². The Bertz CT molecular complexity index is 447. The minimum absolute atomic E-state index is 0.291. The molecule has 1 atom stereocenters. The Morgan fingerprint density at radius 2 is 2.38 bits per heavy atom. The maximum absolute atomic E-state index is 4.29. The molecule has 0 bridgehead atoms. The third kappa shape index (κ3) is 2.31. The molecule has 0 aliphatic rings. The zero-order valence-corrected chi connectivity index (χ0v) is 10.6. The van der Waals surface area contributed by atoms with Crippen LogP contribution < -0.4 is 5.32 Å². The Kier molecular flexibility index (Phi) is 3.36. The fraction of sp³-hybridized carbons (Fsp3) is 0.455. The summed E-state index contributed by atoms with van der Waals surface area (Å²) in [6, 6.07) is 0.291. The van der Waals surface area contributed by atoms with Gasteiger partial charge in [-0.2, -0.15) is 5.10 Å². The molecule has 0 aromatic carbocycles. The van der Waals surface area contributed by atoms with Crippen molar-refractivity contribution in [2.24, 2.45) is 7.05 Å². The largest absolute Gasteiger partial charge is 0.304 e. The van der Waals surface area contributed by atoms with Crippen LogP contribution in [-0.2, 0) is 13.6 Å². The summed E-state index contributed by atoms with van der Waals surface area (Å²) in [6.45, 7) is 5.04. The minimum atomic E-state index is 0.291. The second-order valence-corrected chi connectivity index (χ2v) is 4.78. The van der Waals surface area contributed by atoms with Gasteiger partial charge >= 0.3 is 0 Å². The molecule has 2 aromatic rings. The first-order valence-electron chi connectivity index (χ1n) is 5.28. The fourth-order valence-corrected chi connectivity index (χ4v) is 2.19. The quantitative estimate of drug-likeness (QED) is 0.883. The topological polar surface area (TPSA) is 42.7 Å². The van der Waals surface area contributed by atoms with E-state index in [0.29, 0.717) is 6.04 Å². The number of nitrogens with one attached hydrogen (secondary N) is 1. The lowest BCUT2D eigenvalue weighted by atomic mass is 10.2. The van der Waals surface area contributed by atoms with Gasteiger partial charge < -0.3 is 5.32 Å². The van der Waals surface area contributed by atoms with Crippen molar-refractivity contribution >= 4 is 11.3 Å². The molecule has 0 aliphatic carbocycles. The average molecular weight is 236 g/mol. The lowest BCUT2D eigenvalue weighted by Crippen LogP contribution is -2.18. The van der Waals surface area contributed by atoms with Gasteiger partial charge in [-0.05, 0) is 13.8 Å². The molecule has 0 saturated carbocycles. The average Bonchev–Trinajstić information content (AvgIpc) is 2.89. The lowest BCUT2D eigenvalue weighted by molar-refractivity contribution is 0.570. The minimum Gasteiger partial charge on any atom is -0.304 e. The van der Waals surface area contributed by atoms with Gasteiger partial charge in [0.25, 0.3) is 0 Å². The highest BCUT2D eigenvalue weighted by Crippen LogP contribution is 2.15. The third-order valence-corrected chi connectivity index (χ3v) is 3.72. The molecule has 2 aromatic heterocycles. The van der Waals surface area contributed by atoms with Gasteiger partial charge in [-0.1, -0.05) is 0 Å². The molecular formula is C11H16N4S. The monoisotopic (exact) mass is 236 g/mol. The van der Waals surface area contributed by atoms with Crippen LogP contribution >= 0.6 is 11.3 Å². The van der Waals surface area contributed by atoms with E-state index in [9.17, 15) is 0 Å². The molecule has 0 aliphatic heterocycles. The molecule has 1 unspecified atom stereocenters. The van der Waals surface area contributed by atoms with Crippen molar-refractivity contribution in [1.29, 1.82) is 0 Å². The van der Waals surface area contributed by atoms with Crippen LogP contribution in [0.25, 0.3) is 0 Å². The van der Waals surface area contributed by atoms with Crippen molar-refractivity contribution in [3.8, 4) is 0 Å². The summed E-state index contributed by atoms with van der Waals surface area (Å²) in [4.78, 5) is 4.29. The second kappa shape index (κ2) is 4.76. The van der Waals surface area contributed by atoms with E-state index in [4.69, 9.17) is 0 Å². The second-order valence-electron chi connectivity index (χ2n) is 3.85. The molecule has 0 radical (unpaired) electrons. The van der Waals surface area contributed by atoms with E-state index in [1.165, 1.54) is 11.3 Å². The number of hydrogen-bond donors (Lipinski definition) is 1. The summed E-state index contributed by atoms with van der Waals surface area (Å²) in [6.07, 6.45) is 3.75. The Hall–Kier alpha value is -1.20. The maximum Gasteiger partial charge on any atom is 0.109 e. The van der Waals surface area contributed by atoms with Gasteiger partial charge in [0.1, 0.15) is 5.01 Å². The van der Waals surface area contributed by atoms with Crippen molar-refractivity contribution in [2.75, 3.05) is 0 Å². The first kappa shape index (κ1) is 11.3. The zero-order valence-electron chi connectivity index (χ0n) is 9.77. The van der Waals surface area contributed by atoms with Crippen LogP contribution in [0.3, 0.4) is 0 Å². The molecule has 0 spiro atoms. The maximum atomic E-state index is 4.29. The van der Waals surface area contributed by atoms with Gasteiger partial charge in [0, 0.05) is 36.4 Å². The Labute approximate surface area is 99.3 Å². The highest BCUT2D eigenvalue weighted by Gasteiger charge is 2.09. The summed E-state index contributed by atoms with van der Waals surface area (Å²) >= 11 is 1.68. The van der Waals surface area contributed by atoms with Crippen molar-refractivity contribution in [1.82, 2.24) is 20.1 Å².